The van der Waals surface area contributed by atoms with Gasteiger partial charge in [-0.05, 0) is 36.0 Å². The van der Waals surface area contributed by atoms with Crippen LogP contribution in [0.5, 0.6) is 0 Å². The van der Waals surface area contributed by atoms with Crippen LogP contribution in [0.1, 0.15) is 65.1 Å². The summed E-state index contributed by atoms with van der Waals surface area (Å²) < 4.78 is 38.3. The Kier molecular flexibility index (Phi) is 5.26. The van der Waals surface area contributed by atoms with E-state index in [-0.39, 0.29) is 12.2 Å². The van der Waals surface area contributed by atoms with Crippen LogP contribution in [0.25, 0.3) is 0 Å². The Labute approximate surface area is 145 Å². The van der Waals surface area contributed by atoms with E-state index in [4.69, 9.17) is 0 Å². The molecule has 2 aromatic carbocycles. The second kappa shape index (κ2) is 7.42. The number of Topliss-reactive ketones (excluding diaryl/α,β-unsaturated/α-hetero) is 1. The topological polar surface area (TPSA) is 17.1 Å². The maximum atomic E-state index is 12.8. The summed E-state index contributed by atoms with van der Waals surface area (Å²) in [7, 11) is 0. The van der Waals surface area contributed by atoms with Gasteiger partial charge in [0.2, 0.25) is 0 Å². The molecule has 3 rings (SSSR count). The number of halogens is 3. The van der Waals surface area contributed by atoms with E-state index >= 15 is 0 Å². The first-order chi connectivity index (χ1) is 11.9. The molecule has 0 N–H and O–H groups in total. The van der Waals surface area contributed by atoms with Gasteiger partial charge in [-0.15, -0.1) is 0 Å². The standard InChI is InChI=1S/C21H21F3O/c22-21(23,24)19-8-4-5-15(13-19)14-20(25)18-11-9-17(10-12-18)16-6-2-1-3-7-16/h4-5,8-13,16H,1-3,6-7,14H2. The highest BCUT2D eigenvalue weighted by atomic mass is 19.4. The van der Waals surface area contributed by atoms with E-state index in [1.807, 2.05) is 12.1 Å². The molecule has 0 atom stereocenters. The van der Waals surface area contributed by atoms with Gasteiger partial charge in [0.05, 0.1) is 5.56 Å². The Balaban J connectivity index is 1.69. The average Bonchev–Trinajstić information content (AvgIpc) is 2.62. The van der Waals surface area contributed by atoms with Crippen LogP contribution in [0.4, 0.5) is 13.2 Å². The third-order valence-corrected chi connectivity index (χ3v) is 4.93. The Morgan fingerprint density at radius 2 is 1.64 bits per heavy atom. The lowest BCUT2D eigenvalue weighted by Crippen LogP contribution is -2.08. The Morgan fingerprint density at radius 3 is 2.28 bits per heavy atom. The van der Waals surface area contributed by atoms with Crippen LogP contribution in [0.2, 0.25) is 0 Å². The molecule has 1 aliphatic rings. The fourth-order valence-electron chi connectivity index (χ4n) is 3.52. The molecule has 0 aliphatic heterocycles. The van der Waals surface area contributed by atoms with Gasteiger partial charge in [0.25, 0.3) is 0 Å². The zero-order valence-electron chi connectivity index (χ0n) is 14.0. The monoisotopic (exact) mass is 346 g/mol. The van der Waals surface area contributed by atoms with Crippen molar-refractivity contribution in [3.63, 3.8) is 0 Å². The molecule has 0 radical (unpaired) electrons. The third kappa shape index (κ3) is 4.50. The SMILES string of the molecule is O=C(Cc1cccc(C(F)(F)F)c1)c1ccc(C2CCCCC2)cc1. The van der Waals surface area contributed by atoms with Gasteiger partial charge in [0.1, 0.15) is 0 Å². The largest absolute Gasteiger partial charge is 0.416 e. The molecule has 0 heterocycles. The quantitative estimate of drug-likeness (QED) is 0.604. The fourth-order valence-corrected chi connectivity index (χ4v) is 3.52. The third-order valence-electron chi connectivity index (χ3n) is 4.93. The number of hydrogen-bond donors (Lipinski definition) is 0. The van der Waals surface area contributed by atoms with E-state index in [1.165, 1.54) is 43.7 Å². The van der Waals surface area contributed by atoms with Gasteiger partial charge in [-0.1, -0.05) is 61.7 Å². The van der Waals surface area contributed by atoms with Gasteiger partial charge in [0, 0.05) is 12.0 Å². The number of rotatable bonds is 4. The minimum absolute atomic E-state index is 0.0211. The lowest BCUT2D eigenvalue weighted by Gasteiger charge is -2.22. The molecule has 0 amide bonds. The highest BCUT2D eigenvalue weighted by Gasteiger charge is 2.30. The summed E-state index contributed by atoms with van der Waals surface area (Å²) >= 11 is 0. The van der Waals surface area contributed by atoms with E-state index < -0.39 is 11.7 Å². The van der Waals surface area contributed by atoms with Crippen molar-refractivity contribution in [3.8, 4) is 0 Å². The van der Waals surface area contributed by atoms with Crippen LogP contribution in [-0.4, -0.2) is 5.78 Å². The van der Waals surface area contributed by atoms with Gasteiger partial charge in [-0.25, -0.2) is 0 Å². The molecular formula is C21H21F3O. The van der Waals surface area contributed by atoms with Crippen LogP contribution in [0.15, 0.2) is 48.5 Å². The maximum absolute atomic E-state index is 12.8. The lowest BCUT2D eigenvalue weighted by molar-refractivity contribution is -0.137. The molecule has 2 aromatic rings. The second-order valence-electron chi connectivity index (χ2n) is 6.76. The van der Waals surface area contributed by atoms with Crippen LogP contribution < -0.4 is 0 Å². The van der Waals surface area contributed by atoms with Crippen molar-refractivity contribution < 1.29 is 18.0 Å². The van der Waals surface area contributed by atoms with E-state index in [0.29, 0.717) is 17.0 Å². The molecular weight excluding hydrogens is 325 g/mol. The minimum atomic E-state index is -4.39. The van der Waals surface area contributed by atoms with Gasteiger partial charge in [0.15, 0.2) is 5.78 Å². The summed E-state index contributed by atoms with van der Waals surface area (Å²) in [6.07, 6.45) is 1.77. The molecule has 1 saturated carbocycles. The number of carbonyl (C=O) groups is 1. The van der Waals surface area contributed by atoms with Gasteiger partial charge >= 0.3 is 6.18 Å². The van der Waals surface area contributed by atoms with Crippen LogP contribution in [-0.2, 0) is 12.6 Å². The Hall–Kier alpha value is -2.10. The van der Waals surface area contributed by atoms with E-state index in [9.17, 15) is 18.0 Å². The van der Waals surface area contributed by atoms with Crippen molar-refractivity contribution in [1.82, 2.24) is 0 Å². The van der Waals surface area contributed by atoms with Crippen molar-refractivity contribution in [2.24, 2.45) is 0 Å². The molecule has 1 aliphatic carbocycles. The van der Waals surface area contributed by atoms with Crippen molar-refractivity contribution in [2.75, 3.05) is 0 Å². The van der Waals surface area contributed by atoms with E-state index in [1.54, 1.807) is 18.2 Å². The van der Waals surface area contributed by atoms with Crippen molar-refractivity contribution in [1.29, 1.82) is 0 Å². The molecule has 4 heteroatoms. The molecule has 0 aromatic heterocycles. The predicted molar refractivity (Wildman–Crippen MR) is 91.7 cm³/mol. The molecule has 132 valence electrons. The first-order valence-electron chi connectivity index (χ1n) is 8.73. The number of carbonyl (C=O) groups excluding carboxylic acids is 1. The second-order valence-corrected chi connectivity index (χ2v) is 6.76. The number of hydrogen-bond acceptors (Lipinski definition) is 1. The Bertz CT molecular complexity index is 726. The number of alkyl halides is 3. The first kappa shape index (κ1) is 17.7. The maximum Gasteiger partial charge on any atom is 0.416 e. The Morgan fingerprint density at radius 1 is 0.960 bits per heavy atom. The van der Waals surface area contributed by atoms with Crippen molar-refractivity contribution in [3.05, 3.63) is 70.8 Å². The van der Waals surface area contributed by atoms with Crippen LogP contribution in [0.3, 0.4) is 0 Å². The molecule has 25 heavy (non-hydrogen) atoms. The van der Waals surface area contributed by atoms with Gasteiger partial charge in [-0.2, -0.15) is 13.2 Å². The smallest absolute Gasteiger partial charge is 0.294 e. The van der Waals surface area contributed by atoms with Gasteiger partial charge < -0.3 is 0 Å². The molecule has 0 unspecified atom stereocenters. The number of ketones is 1. The summed E-state index contributed by atoms with van der Waals surface area (Å²) in [4.78, 5) is 12.4. The molecule has 0 spiro atoms. The first-order valence-corrected chi connectivity index (χ1v) is 8.73. The predicted octanol–water partition coefficient (Wildman–Crippen LogP) is 6.18. The summed E-state index contributed by atoms with van der Waals surface area (Å²) in [5.74, 6) is 0.413. The van der Waals surface area contributed by atoms with E-state index in [2.05, 4.69) is 0 Å². The summed E-state index contributed by atoms with van der Waals surface area (Å²) in [5.41, 5.74) is 1.48. The minimum Gasteiger partial charge on any atom is -0.294 e. The van der Waals surface area contributed by atoms with Crippen LogP contribution in [0, 0.1) is 0 Å². The van der Waals surface area contributed by atoms with Gasteiger partial charge in [-0.3, -0.25) is 4.79 Å². The van der Waals surface area contributed by atoms with E-state index in [0.717, 1.165) is 12.1 Å². The van der Waals surface area contributed by atoms with Crippen molar-refractivity contribution >= 4 is 5.78 Å². The molecule has 0 bridgehead atoms. The number of benzene rings is 2. The molecule has 0 saturated heterocycles. The zero-order valence-corrected chi connectivity index (χ0v) is 14.0. The lowest BCUT2D eigenvalue weighted by atomic mass is 9.84. The fraction of sp³-hybridized carbons (Fsp3) is 0.381. The molecule has 1 fully saturated rings. The molecule has 1 nitrogen and oxygen atoms in total. The highest BCUT2D eigenvalue weighted by molar-refractivity contribution is 5.97. The summed E-state index contributed by atoms with van der Waals surface area (Å²) in [6, 6.07) is 12.6. The van der Waals surface area contributed by atoms with Crippen molar-refractivity contribution in [2.45, 2.75) is 50.6 Å². The average molecular weight is 346 g/mol. The normalized spacial score (nSPS) is 16.0. The van der Waals surface area contributed by atoms with Crippen LogP contribution >= 0.6 is 0 Å². The summed E-state index contributed by atoms with van der Waals surface area (Å²) in [6.45, 7) is 0. The zero-order chi connectivity index (χ0) is 17.9. The highest BCUT2D eigenvalue weighted by Crippen LogP contribution is 2.33. The summed E-state index contributed by atoms with van der Waals surface area (Å²) in [5, 5.41) is 0.